The molecule has 0 radical (unpaired) electrons. The van der Waals surface area contributed by atoms with E-state index in [1.54, 1.807) is 0 Å². The number of imidazole rings is 1. The van der Waals surface area contributed by atoms with Crippen LogP contribution in [0.25, 0.3) is 16.9 Å². The minimum Gasteiger partial charge on any atom is -0.306 e. The fourth-order valence-corrected chi connectivity index (χ4v) is 3.19. The highest BCUT2D eigenvalue weighted by molar-refractivity contribution is 5.65. The molecule has 2 heterocycles. The van der Waals surface area contributed by atoms with Crippen LogP contribution in [0.4, 0.5) is 0 Å². The second-order valence-electron chi connectivity index (χ2n) is 5.74. The molecule has 4 rings (SSSR count). The molecule has 1 aliphatic carbocycles. The molecule has 0 amide bonds. The van der Waals surface area contributed by atoms with E-state index in [-0.39, 0.29) is 0 Å². The van der Waals surface area contributed by atoms with Crippen molar-refractivity contribution in [3.63, 3.8) is 0 Å². The Bertz CT molecular complexity index is 783. The van der Waals surface area contributed by atoms with Gasteiger partial charge in [0.1, 0.15) is 5.65 Å². The van der Waals surface area contributed by atoms with Crippen molar-refractivity contribution in [3.05, 3.63) is 59.4 Å². The van der Waals surface area contributed by atoms with Gasteiger partial charge in [0, 0.05) is 18.0 Å². The van der Waals surface area contributed by atoms with E-state index in [2.05, 4.69) is 54.0 Å². The molecule has 100 valence electrons. The fourth-order valence-electron chi connectivity index (χ4n) is 3.19. The predicted molar refractivity (Wildman–Crippen MR) is 82.0 cm³/mol. The third-order valence-corrected chi connectivity index (χ3v) is 4.32. The molecule has 2 nitrogen and oxygen atoms in total. The van der Waals surface area contributed by atoms with Gasteiger partial charge in [0.05, 0.1) is 5.69 Å². The fraction of sp³-hybridized carbons (Fsp3) is 0.278. The molecular formula is C18H18N2. The molecule has 0 fully saturated rings. The van der Waals surface area contributed by atoms with Gasteiger partial charge in [-0.25, -0.2) is 4.98 Å². The molecule has 20 heavy (non-hydrogen) atoms. The zero-order chi connectivity index (χ0) is 13.5. The number of fused-ring (bicyclic) bond motifs is 2. The Balaban J connectivity index is 1.84. The normalized spacial score (nSPS) is 14.4. The molecular weight excluding hydrogens is 244 g/mol. The van der Waals surface area contributed by atoms with Crippen molar-refractivity contribution in [3.8, 4) is 11.3 Å². The molecule has 0 bridgehead atoms. The van der Waals surface area contributed by atoms with E-state index in [0.717, 1.165) is 11.3 Å². The van der Waals surface area contributed by atoms with Crippen LogP contribution in [-0.4, -0.2) is 9.38 Å². The van der Waals surface area contributed by atoms with E-state index in [1.165, 1.54) is 47.9 Å². The average Bonchev–Trinajstić information content (AvgIpc) is 2.92. The monoisotopic (exact) mass is 262 g/mol. The Morgan fingerprint density at radius 3 is 2.75 bits per heavy atom. The predicted octanol–water partition coefficient (Wildman–Crippen LogP) is 4.19. The van der Waals surface area contributed by atoms with E-state index < -0.39 is 0 Å². The van der Waals surface area contributed by atoms with Gasteiger partial charge in [-0.1, -0.05) is 18.2 Å². The number of nitrogens with zero attached hydrogens (tertiary/aromatic N) is 2. The molecule has 1 aliphatic rings. The zero-order valence-corrected chi connectivity index (χ0v) is 11.8. The van der Waals surface area contributed by atoms with Crippen molar-refractivity contribution in [2.75, 3.05) is 0 Å². The van der Waals surface area contributed by atoms with Crippen molar-refractivity contribution < 1.29 is 0 Å². The van der Waals surface area contributed by atoms with E-state index in [0.29, 0.717) is 0 Å². The number of benzene rings is 1. The van der Waals surface area contributed by atoms with Gasteiger partial charge in [0.15, 0.2) is 0 Å². The van der Waals surface area contributed by atoms with Gasteiger partial charge in [0.2, 0.25) is 0 Å². The summed E-state index contributed by atoms with van der Waals surface area (Å²) >= 11 is 0. The molecule has 0 unspecified atom stereocenters. The summed E-state index contributed by atoms with van der Waals surface area (Å²) in [5.41, 5.74) is 7.64. The van der Waals surface area contributed by atoms with E-state index in [9.17, 15) is 0 Å². The van der Waals surface area contributed by atoms with Gasteiger partial charge >= 0.3 is 0 Å². The van der Waals surface area contributed by atoms with Crippen LogP contribution in [0.15, 0.2) is 42.7 Å². The largest absolute Gasteiger partial charge is 0.306 e. The van der Waals surface area contributed by atoms with Gasteiger partial charge in [-0.05, 0) is 61.4 Å². The summed E-state index contributed by atoms with van der Waals surface area (Å²) in [6.07, 6.45) is 9.31. The van der Waals surface area contributed by atoms with Crippen LogP contribution >= 0.6 is 0 Å². The van der Waals surface area contributed by atoms with Crippen molar-refractivity contribution >= 4 is 5.65 Å². The van der Waals surface area contributed by atoms with Crippen LogP contribution in [-0.2, 0) is 12.8 Å². The lowest BCUT2D eigenvalue weighted by atomic mass is 9.90. The Kier molecular flexibility index (Phi) is 2.62. The van der Waals surface area contributed by atoms with Gasteiger partial charge in [0.25, 0.3) is 0 Å². The Morgan fingerprint density at radius 1 is 1.05 bits per heavy atom. The number of rotatable bonds is 1. The molecule has 0 saturated heterocycles. The van der Waals surface area contributed by atoms with Crippen molar-refractivity contribution in [2.24, 2.45) is 0 Å². The Hall–Kier alpha value is -2.09. The summed E-state index contributed by atoms with van der Waals surface area (Å²) in [7, 11) is 0. The molecule has 2 aromatic heterocycles. The first-order chi connectivity index (χ1) is 9.81. The maximum atomic E-state index is 4.79. The minimum absolute atomic E-state index is 1.06. The summed E-state index contributed by atoms with van der Waals surface area (Å²) in [4.78, 5) is 4.79. The van der Waals surface area contributed by atoms with Crippen LogP contribution in [0.1, 0.15) is 29.5 Å². The van der Waals surface area contributed by atoms with E-state index in [4.69, 9.17) is 4.98 Å². The second-order valence-corrected chi connectivity index (χ2v) is 5.74. The minimum atomic E-state index is 1.06. The first-order valence-electron chi connectivity index (χ1n) is 7.38. The molecule has 3 aromatic rings. The number of pyridine rings is 1. The van der Waals surface area contributed by atoms with Crippen LogP contribution < -0.4 is 0 Å². The summed E-state index contributed by atoms with van der Waals surface area (Å²) in [5.74, 6) is 0. The summed E-state index contributed by atoms with van der Waals surface area (Å²) in [6.45, 7) is 2.11. The zero-order valence-electron chi connectivity index (χ0n) is 11.8. The number of hydrogen-bond donors (Lipinski definition) is 0. The standard InChI is InChI=1S/C18H18N2/c1-13-5-4-10-20-12-17(19-18(13)20)16-9-8-14-6-2-3-7-15(14)11-16/h4-5,8-12H,2-3,6-7H2,1H3. The lowest BCUT2D eigenvalue weighted by molar-refractivity contribution is 0.686. The van der Waals surface area contributed by atoms with Gasteiger partial charge in [-0.2, -0.15) is 0 Å². The van der Waals surface area contributed by atoms with Gasteiger partial charge < -0.3 is 4.40 Å². The maximum absolute atomic E-state index is 4.79. The summed E-state index contributed by atoms with van der Waals surface area (Å²) in [6, 6.07) is 11.0. The molecule has 0 N–H and O–H groups in total. The van der Waals surface area contributed by atoms with Crippen LogP contribution in [0.2, 0.25) is 0 Å². The Labute approximate surface area is 119 Å². The molecule has 0 aliphatic heterocycles. The first kappa shape index (κ1) is 11.7. The molecule has 0 saturated carbocycles. The molecule has 1 aromatic carbocycles. The van der Waals surface area contributed by atoms with E-state index >= 15 is 0 Å². The number of aromatic nitrogens is 2. The van der Waals surface area contributed by atoms with Crippen LogP contribution in [0.5, 0.6) is 0 Å². The quantitative estimate of drug-likeness (QED) is 0.643. The summed E-state index contributed by atoms with van der Waals surface area (Å²) < 4.78 is 2.12. The Morgan fingerprint density at radius 2 is 1.90 bits per heavy atom. The molecule has 2 heteroatoms. The third kappa shape index (κ3) is 1.83. The van der Waals surface area contributed by atoms with Gasteiger partial charge in [-0.3, -0.25) is 0 Å². The highest BCUT2D eigenvalue weighted by atomic mass is 15.0. The lowest BCUT2D eigenvalue weighted by Gasteiger charge is -2.15. The topological polar surface area (TPSA) is 17.3 Å². The summed E-state index contributed by atoms with van der Waals surface area (Å²) in [5, 5.41) is 0. The van der Waals surface area contributed by atoms with Crippen LogP contribution in [0, 0.1) is 6.92 Å². The SMILES string of the molecule is Cc1cccn2cc(-c3ccc4c(c3)CCCC4)nc12. The highest BCUT2D eigenvalue weighted by Crippen LogP contribution is 2.27. The molecule has 0 atom stereocenters. The maximum Gasteiger partial charge on any atom is 0.140 e. The number of aryl methyl sites for hydroxylation is 3. The first-order valence-corrected chi connectivity index (χ1v) is 7.38. The van der Waals surface area contributed by atoms with Crippen LogP contribution in [0.3, 0.4) is 0 Å². The molecule has 0 spiro atoms. The van der Waals surface area contributed by atoms with Crippen molar-refractivity contribution in [2.45, 2.75) is 32.6 Å². The van der Waals surface area contributed by atoms with Gasteiger partial charge in [-0.15, -0.1) is 0 Å². The smallest absolute Gasteiger partial charge is 0.140 e. The van der Waals surface area contributed by atoms with Crippen molar-refractivity contribution in [1.29, 1.82) is 0 Å². The number of hydrogen-bond acceptors (Lipinski definition) is 1. The third-order valence-electron chi connectivity index (χ3n) is 4.32. The second kappa shape index (κ2) is 4.48. The highest BCUT2D eigenvalue weighted by Gasteiger charge is 2.12. The average molecular weight is 262 g/mol. The van der Waals surface area contributed by atoms with Crippen molar-refractivity contribution in [1.82, 2.24) is 9.38 Å². The van der Waals surface area contributed by atoms with E-state index in [1.807, 2.05) is 0 Å². The lowest BCUT2D eigenvalue weighted by Crippen LogP contribution is -2.02.